The summed E-state index contributed by atoms with van der Waals surface area (Å²) in [6.45, 7) is 7.03. The molecule has 0 saturated heterocycles. The zero-order chi connectivity index (χ0) is 15.9. The highest BCUT2D eigenvalue weighted by atomic mass is 16.1. The van der Waals surface area contributed by atoms with Gasteiger partial charge >= 0.3 is 0 Å². The number of carbonyl (C=O) groups is 1. The molecule has 4 nitrogen and oxygen atoms in total. The fourth-order valence-electron chi connectivity index (χ4n) is 2.13. The van der Waals surface area contributed by atoms with Gasteiger partial charge in [-0.2, -0.15) is 0 Å². The molecule has 0 aliphatic heterocycles. The lowest BCUT2D eigenvalue weighted by Gasteiger charge is -2.10. The average molecular weight is 297 g/mol. The number of unbranched alkanes of at least 4 members (excludes halogenated alkanes) is 1. The van der Waals surface area contributed by atoms with Crippen molar-refractivity contribution in [2.75, 3.05) is 17.2 Å². The van der Waals surface area contributed by atoms with Crippen molar-refractivity contribution in [3.05, 3.63) is 53.3 Å². The molecule has 116 valence electrons. The topological polar surface area (TPSA) is 54.0 Å². The number of aromatic nitrogens is 1. The van der Waals surface area contributed by atoms with Gasteiger partial charge in [-0.25, -0.2) is 0 Å². The quantitative estimate of drug-likeness (QED) is 0.787. The fourth-order valence-corrected chi connectivity index (χ4v) is 2.13. The van der Waals surface area contributed by atoms with E-state index in [0.717, 1.165) is 41.9 Å². The predicted octanol–water partition coefficient (Wildman–Crippen LogP) is 4.16. The van der Waals surface area contributed by atoms with Crippen molar-refractivity contribution in [1.82, 2.24) is 4.98 Å². The molecule has 4 heteroatoms. The van der Waals surface area contributed by atoms with Crippen LogP contribution in [0.25, 0.3) is 0 Å². The Bertz CT molecular complexity index is 653. The second-order valence-electron chi connectivity index (χ2n) is 5.48. The molecule has 0 radical (unpaired) electrons. The number of pyridine rings is 1. The number of hydrogen-bond donors (Lipinski definition) is 2. The number of carbonyl (C=O) groups excluding carboxylic acids is 1. The van der Waals surface area contributed by atoms with Gasteiger partial charge in [0, 0.05) is 24.1 Å². The number of rotatable bonds is 6. The molecule has 0 spiro atoms. The van der Waals surface area contributed by atoms with Crippen LogP contribution >= 0.6 is 0 Å². The molecule has 0 saturated carbocycles. The largest absolute Gasteiger partial charge is 0.385 e. The van der Waals surface area contributed by atoms with Gasteiger partial charge in [-0.1, -0.05) is 25.5 Å². The number of anilines is 2. The number of nitrogens with one attached hydrogen (secondary N) is 2. The molecule has 0 aliphatic carbocycles. The highest BCUT2D eigenvalue weighted by Gasteiger charge is 2.10. The van der Waals surface area contributed by atoms with Crippen LogP contribution in [0.5, 0.6) is 0 Å². The van der Waals surface area contributed by atoms with Crippen molar-refractivity contribution in [2.45, 2.75) is 33.6 Å². The van der Waals surface area contributed by atoms with Crippen LogP contribution in [0.1, 0.15) is 41.4 Å². The van der Waals surface area contributed by atoms with E-state index in [1.165, 1.54) is 0 Å². The molecular formula is C18H23N3O. The molecular weight excluding hydrogens is 274 g/mol. The van der Waals surface area contributed by atoms with Gasteiger partial charge in [-0.3, -0.25) is 9.78 Å². The third-order valence-corrected chi connectivity index (χ3v) is 3.49. The zero-order valence-electron chi connectivity index (χ0n) is 13.4. The lowest BCUT2D eigenvalue weighted by Crippen LogP contribution is -2.15. The van der Waals surface area contributed by atoms with Crippen LogP contribution in [0.2, 0.25) is 0 Å². The van der Waals surface area contributed by atoms with E-state index >= 15 is 0 Å². The first-order chi connectivity index (χ1) is 10.6. The normalized spacial score (nSPS) is 10.3. The molecule has 1 heterocycles. The Labute approximate surface area is 132 Å². The third kappa shape index (κ3) is 4.32. The number of amides is 1. The highest BCUT2D eigenvalue weighted by molar-refractivity contribution is 6.03. The minimum Gasteiger partial charge on any atom is -0.385 e. The van der Waals surface area contributed by atoms with E-state index in [2.05, 4.69) is 22.5 Å². The molecule has 1 aromatic heterocycles. The summed E-state index contributed by atoms with van der Waals surface area (Å²) in [6, 6.07) is 9.67. The third-order valence-electron chi connectivity index (χ3n) is 3.49. The van der Waals surface area contributed by atoms with Gasteiger partial charge in [0.25, 0.3) is 5.91 Å². The summed E-state index contributed by atoms with van der Waals surface area (Å²) < 4.78 is 0. The Morgan fingerprint density at radius 2 is 2.00 bits per heavy atom. The summed E-state index contributed by atoms with van der Waals surface area (Å²) in [7, 11) is 0. The summed E-state index contributed by atoms with van der Waals surface area (Å²) in [4.78, 5) is 16.5. The molecule has 2 N–H and O–H groups in total. The Morgan fingerprint density at radius 3 is 2.77 bits per heavy atom. The highest BCUT2D eigenvalue weighted by Crippen LogP contribution is 2.17. The molecule has 1 aromatic carbocycles. The minimum absolute atomic E-state index is 0.187. The lowest BCUT2D eigenvalue weighted by atomic mass is 10.1. The Morgan fingerprint density at radius 1 is 1.18 bits per heavy atom. The summed E-state index contributed by atoms with van der Waals surface area (Å²) in [5.74, 6) is -0.187. The second-order valence-corrected chi connectivity index (χ2v) is 5.48. The monoisotopic (exact) mass is 297 g/mol. The molecule has 0 aliphatic rings. The minimum atomic E-state index is -0.187. The molecule has 0 bridgehead atoms. The Balaban J connectivity index is 2.09. The van der Waals surface area contributed by atoms with Crippen LogP contribution < -0.4 is 10.6 Å². The van der Waals surface area contributed by atoms with Gasteiger partial charge in [0.05, 0.1) is 0 Å². The smallest absolute Gasteiger partial charge is 0.274 e. The van der Waals surface area contributed by atoms with Gasteiger partial charge in [-0.05, 0) is 49.6 Å². The van der Waals surface area contributed by atoms with Gasteiger partial charge in [0.1, 0.15) is 5.69 Å². The van der Waals surface area contributed by atoms with Crippen LogP contribution in [0.4, 0.5) is 11.4 Å². The van der Waals surface area contributed by atoms with E-state index in [0.29, 0.717) is 5.69 Å². The van der Waals surface area contributed by atoms with Crippen LogP contribution in [0.15, 0.2) is 36.5 Å². The van der Waals surface area contributed by atoms with E-state index in [9.17, 15) is 4.79 Å². The molecule has 0 unspecified atom stereocenters. The van der Waals surface area contributed by atoms with E-state index in [1.54, 1.807) is 12.3 Å². The molecule has 2 aromatic rings. The maximum absolute atomic E-state index is 12.4. The van der Waals surface area contributed by atoms with E-state index in [-0.39, 0.29) is 5.91 Å². The summed E-state index contributed by atoms with van der Waals surface area (Å²) in [6.07, 6.45) is 3.90. The van der Waals surface area contributed by atoms with Gasteiger partial charge in [-0.15, -0.1) is 0 Å². The van der Waals surface area contributed by atoms with E-state index < -0.39 is 0 Å². The first-order valence-electron chi connectivity index (χ1n) is 7.68. The van der Waals surface area contributed by atoms with Gasteiger partial charge < -0.3 is 10.6 Å². The van der Waals surface area contributed by atoms with Crippen LogP contribution in [-0.4, -0.2) is 17.4 Å². The van der Waals surface area contributed by atoms with Gasteiger partial charge in [0.2, 0.25) is 0 Å². The first-order valence-corrected chi connectivity index (χ1v) is 7.68. The number of nitrogens with zero attached hydrogens (tertiary/aromatic N) is 1. The molecule has 2 rings (SSSR count). The number of benzene rings is 1. The summed E-state index contributed by atoms with van der Waals surface area (Å²) >= 11 is 0. The maximum Gasteiger partial charge on any atom is 0.274 e. The molecule has 0 fully saturated rings. The fraction of sp³-hybridized carbons (Fsp3) is 0.333. The SMILES string of the molecule is CCCCNc1ccnc(C(=O)Nc2cc(C)ccc2C)c1. The average Bonchev–Trinajstić information content (AvgIpc) is 2.51. The zero-order valence-corrected chi connectivity index (χ0v) is 13.4. The van der Waals surface area contributed by atoms with Crippen LogP contribution in [-0.2, 0) is 0 Å². The maximum atomic E-state index is 12.4. The second kappa shape index (κ2) is 7.59. The van der Waals surface area contributed by atoms with Crippen molar-refractivity contribution < 1.29 is 4.79 Å². The lowest BCUT2D eigenvalue weighted by molar-refractivity contribution is 0.102. The standard InChI is InChI=1S/C18H23N3O/c1-4-5-9-19-15-8-10-20-17(12-15)18(22)21-16-11-13(2)6-7-14(16)3/h6-8,10-12H,4-5,9H2,1-3H3,(H,19,20)(H,21,22). The van der Waals surface area contributed by atoms with Crippen molar-refractivity contribution >= 4 is 17.3 Å². The summed E-state index contributed by atoms with van der Waals surface area (Å²) in [5, 5.41) is 6.24. The van der Waals surface area contributed by atoms with Gasteiger partial charge in [0.15, 0.2) is 0 Å². The molecule has 22 heavy (non-hydrogen) atoms. The predicted molar refractivity (Wildman–Crippen MR) is 91.5 cm³/mol. The van der Waals surface area contributed by atoms with Crippen molar-refractivity contribution in [3.63, 3.8) is 0 Å². The Hall–Kier alpha value is -2.36. The summed E-state index contributed by atoms with van der Waals surface area (Å²) in [5.41, 5.74) is 4.33. The molecule has 1 amide bonds. The number of aryl methyl sites for hydroxylation is 2. The van der Waals surface area contributed by atoms with E-state index in [4.69, 9.17) is 0 Å². The Kier molecular flexibility index (Phi) is 5.53. The van der Waals surface area contributed by atoms with Crippen molar-refractivity contribution in [1.29, 1.82) is 0 Å². The molecule has 0 atom stereocenters. The van der Waals surface area contributed by atoms with E-state index in [1.807, 2.05) is 38.1 Å². The van der Waals surface area contributed by atoms with Crippen LogP contribution in [0.3, 0.4) is 0 Å². The van der Waals surface area contributed by atoms with Crippen molar-refractivity contribution in [2.24, 2.45) is 0 Å². The first kappa shape index (κ1) is 16.0. The van der Waals surface area contributed by atoms with Crippen LogP contribution in [0, 0.1) is 13.8 Å². The number of hydrogen-bond acceptors (Lipinski definition) is 3. The van der Waals surface area contributed by atoms with Crippen molar-refractivity contribution in [3.8, 4) is 0 Å².